The fourth-order valence-electron chi connectivity index (χ4n) is 1.48. The Morgan fingerprint density at radius 2 is 0.812 bits per heavy atom. The second kappa shape index (κ2) is 7.13. The highest BCUT2D eigenvalue weighted by Gasteiger charge is 2.11. The maximum atomic E-state index is 9.49. The van der Waals surface area contributed by atoms with Crippen molar-refractivity contribution in [2.24, 2.45) is 0 Å². The average molecular weight is 234 g/mol. The van der Waals surface area contributed by atoms with Gasteiger partial charge in [-0.25, -0.2) is 0 Å². The molecule has 1 heterocycles. The lowest BCUT2D eigenvalue weighted by Crippen LogP contribution is -2.42. The molecule has 1 aliphatic rings. The minimum Gasteiger partial charge on any atom is -0.314 e. The quantitative estimate of drug-likeness (QED) is 0.497. The van der Waals surface area contributed by atoms with E-state index in [0.29, 0.717) is 39.3 Å². The summed E-state index contributed by atoms with van der Waals surface area (Å²) in [4.78, 5) is 2.05. The van der Waals surface area contributed by atoms with E-state index >= 15 is 0 Å². The summed E-state index contributed by atoms with van der Waals surface area (Å²) in [7, 11) is 1.95. The van der Waals surface area contributed by atoms with Crippen molar-refractivity contribution in [1.82, 2.24) is 20.1 Å². The first-order valence-corrected chi connectivity index (χ1v) is 5.58. The van der Waals surface area contributed by atoms with Gasteiger partial charge in [0.25, 0.3) is 0 Å². The minimum absolute atomic E-state index is 0.369. The van der Waals surface area contributed by atoms with Crippen LogP contribution in [0.1, 0.15) is 0 Å². The molecular weight excluding hydrogens is 212 g/mol. The molecule has 7 nitrogen and oxygen atoms in total. The van der Waals surface area contributed by atoms with Crippen LogP contribution in [-0.2, 0) is 0 Å². The van der Waals surface area contributed by atoms with Crippen molar-refractivity contribution in [2.45, 2.75) is 0 Å². The molecule has 0 amide bonds. The van der Waals surface area contributed by atoms with Gasteiger partial charge in [-0.15, -0.1) is 0 Å². The number of hydrogen-bond donors (Lipinski definition) is 3. The van der Waals surface area contributed by atoms with E-state index < -0.39 is 0 Å². The Hall–Kier alpha value is -0.280. The molecule has 7 heteroatoms. The minimum atomic E-state index is 0.369. The fraction of sp³-hybridized carbons (Fsp3) is 1.00. The maximum absolute atomic E-state index is 9.49. The molecule has 3 N–H and O–H groups in total. The Morgan fingerprint density at radius 1 is 0.562 bits per heavy atom. The second-order valence-electron chi connectivity index (χ2n) is 4.16. The summed E-state index contributed by atoms with van der Waals surface area (Å²) in [5.74, 6) is 0. The number of hydrogen-bond acceptors (Lipinski definition) is 7. The van der Waals surface area contributed by atoms with E-state index in [1.165, 1.54) is 10.1 Å². The number of nitrogens with zero attached hydrogens (tertiary/aromatic N) is 4. The zero-order valence-electron chi connectivity index (χ0n) is 9.79. The van der Waals surface area contributed by atoms with Crippen molar-refractivity contribution in [3.05, 3.63) is 0 Å². The number of hydroxylamine groups is 6. The van der Waals surface area contributed by atoms with Gasteiger partial charge >= 0.3 is 0 Å². The third-order valence-electron chi connectivity index (χ3n) is 2.71. The highest BCUT2D eigenvalue weighted by molar-refractivity contribution is 4.60. The van der Waals surface area contributed by atoms with Crippen LogP contribution < -0.4 is 0 Å². The molecule has 0 bridgehead atoms. The zero-order valence-corrected chi connectivity index (χ0v) is 9.79. The summed E-state index contributed by atoms with van der Waals surface area (Å²) in [6.07, 6.45) is 0. The van der Waals surface area contributed by atoms with E-state index in [-0.39, 0.29) is 0 Å². The van der Waals surface area contributed by atoms with Crippen molar-refractivity contribution < 1.29 is 15.6 Å². The Balaban J connectivity index is 2.39. The lowest BCUT2D eigenvalue weighted by Gasteiger charge is -2.26. The molecule has 1 saturated heterocycles. The van der Waals surface area contributed by atoms with E-state index in [0.717, 1.165) is 18.2 Å². The van der Waals surface area contributed by atoms with E-state index in [9.17, 15) is 15.6 Å². The van der Waals surface area contributed by atoms with Gasteiger partial charge in [0.05, 0.1) is 0 Å². The van der Waals surface area contributed by atoms with Crippen molar-refractivity contribution in [1.29, 1.82) is 0 Å². The normalized spacial score (nSPS) is 26.2. The van der Waals surface area contributed by atoms with Gasteiger partial charge in [0.1, 0.15) is 0 Å². The van der Waals surface area contributed by atoms with E-state index in [4.69, 9.17) is 0 Å². The Morgan fingerprint density at radius 3 is 1.12 bits per heavy atom. The molecule has 0 aromatic carbocycles. The molecule has 0 aromatic heterocycles. The predicted octanol–water partition coefficient (Wildman–Crippen LogP) is -0.995. The summed E-state index contributed by atoms with van der Waals surface area (Å²) < 4.78 is 0. The van der Waals surface area contributed by atoms with Crippen LogP contribution in [-0.4, -0.2) is 95.1 Å². The third kappa shape index (κ3) is 5.71. The van der Waals surface area contributed by atoms with Crippen LogP contribution in [0, 0.1) is 0 Å². The summed E-state index contributed by atoms with van der Waals surface area (Å²) in [5.41, 5.74) is 0. The molecule has 1 aliphatic heterocycles. The largest absolute Gasteiger partial charge is 0.314 e. The first kappa shape index (κ1) is 13.8. The van der Waals surface area contributed by atoms with Crippen molar-refractivity contribution in [2.75, 3.05) is 59.4 Å². The first-order chi connectivity index (χ1) is 7.58. The summed E-state index contributed by atoms with van der Waals surface area (Å²) >= 11 is 0. The molecule has 0 atom stereocenters. The van der Waals surface area contributed by atoms with E-state index in [1.807, 2.05) is 11.9 Å². The molecule has 0 aliphatic carbocycles. The highest BCUT2D eigenvalue weighted by Crippen LogP contribution is 1.93. The molecule has 96 valence electrons. The molecule has 16 heavy (non-hydrogen) atoms. The summed E-state index contributed by atoms with van der Waals surface area (Å²) in [5, 5.41) is 31.9. The van der Waals surface area contributed by atoms with E-state index in [2.05, 4.69) is 0 Å². The van der Waals surface area contributed by atoms with Gasteiger partial charge in [-0.2, -0.15) is 15.2 Å². The molecule has 0 saturated carbocycles. The van der Waals surface area contributed by atoms with Gasteiger partial charge in [-0.05, 0) is 7.05 Å². The molecule has 1 fully saturated rings. The van der Waals surface area contributed by atoms with Crippen LogP contribution in [0.3, 0.4) is 0 Å². The van der Waals surface area contributed by atoms with Gasteiger partial charge in [0.15, 0.2) is 0 Å². The Bertz CT molecular complexity index is 140. The SMILES string of the molecule is CN1CCN(O)CCN(O)CCN(O)CC1. The molecule has 0 radical (unpaired) electrons. The van der Waals surface area contributed by atoms with Crippen LogP contribution in [0.2, 0.25) is 0 Å². The van der Waals surface area contributed by atoms with Crippen LogP contribution in [0.4, 0.5) is 0 Å². The van der Waals surface area contributed by atoms with Crippen LogP contribution in [0.5, 0.6) is 0 Å². The lowest BCUT2D eigenvalue weighted by atomic mass is 10.4. The topological polar surface area (TPSA) is 73.7 Å². The van der Waals surface area contributed by atoms with Crippen LogP contribution in [0.15, 0.2) is 0 Å². The Kier molecular flexibility index (Phi) is 6.14. The predicted molar refractivity (Wildman–Crippen MR) is 57.6 cm³/mol. The average Bonchev–Trinajstić information content (AvgIpc) is 2.27. The molecular formula is C9H22N4O3. The summed E-state index contributed by atoms with van der Waals surface area (Å²) in [6, 6.07) is 0. The third-order valence-corrected chi connectivity index (χ3v) is 2.71. The summed E-state index contributed by atoms with van der Waals surface area (Å²) in [6.45, 7) is 4.07. The van der Waals surface area contributed by atoms with Crippen LogP contribution in [0.25, 0.3) is 0 Å². The Labute approximate surface area is 95.9 Å². The highest BCUT2D eigenvalue weighted by atomic mass is 16.5. The van der Waals surface area contributed by atoms with Gasteiger partial charge in [0, 0.05) is 52.4 Å². The number of likely N-dealkylation sites (N-methyl/N-ethyl adjacent to an activating group) is 1. The standard InChI is InChI=1S/C9H22N4O3/c1-10-2-4-11(14)6-8-13(16)9-7-12(15)5-3-10/h14-16H,2-9H2,1H3. The lowest BCUT2D eigenvalue weighted by molar-refractivity contribution is -0.162. The van der Waals surface area contributed by atoms with E-state index in [1.54, 1.807) is 0 Å². The molecule has 0 unspecified atom stereocenters. The van der Waals surface area contributed by atoms with Crippen molar-refractivity contribution in [3.63, 3.8) is 0 Å². The molecule has 0 aromatic rings. The van der Waals surface area contributed by atoms with Crippen LogP contribution >= 0.6 is 0 Å². The smallest absolute Gasteiger partial charge is 0.0389 e. The van der Waals surface area contributed by atoms with Gasteiger partial charge < -0.3 is 20.5 Å². The first-order valence-electron chi connectivity index (χ1n) is 5.58. The second-order valence-corrected chi connectivity index (χ2v) is 4.16. The van der Waals surface area contributed by atoms with Gasteiger partial charge in [-0.3, -0.25) is 0 Å². The maximum Gasteiger partial charge on any atom is 0.0389 e. The monoisotopic (exact) mass is 234 g/mol. The van der Waals surface area contributed by atoms with Crippen molar-refractivity contribution >= 4 is 0 Å². The van der Waals surface area contributed by atoms with Gasteiger partial charge in [-0.1, -0.05) is 0 Å². The number of rotatable bonds is 0. The molecule has 1 rings (SSSR count). The van der Waals surface area contributed by atoms with Gasteiger partial charge in [0.2, 0.25) is 0 Å². The van der Waals surface area contributed by atoms with Crippen molar-refractivity contribution in [3.8, 4) is 0 Å². The molecule has 0 spiro atoms. The fourth-order valence-corrected chi connectivity index (χ4v) is 1.48. The zero-order chi connectivity index (χ0) is 12.0.